The maximum Gasteiger partial charge on any atom is 0.304 e. The van der Waals surface area contributed by atoms with Crippen LogP contribution in [-0.4, -0.2) is 55.6 Å². The lowest BCUT2D eigenvalue weighted by molar-refractivity contribution is -0.682. The predicted molar refractivity (Wildman–Crippen MR) is 130 cm³/mol. The molecule has 4 rings (SSSR count). The lowest BCUT2D eigenvalue weighted by atomic mass is 10.1. The highest BCUT2D eigenvalue weighted by atomic mass is 35.5. The molecule has 4 aromatic heterocycles. The van der Waals surface area contributed by atoms with Gasteiger partial charge in [-0.15, -0.1) is 11.6 Å². The molecule has 0 aliphatic heterocycles. The van der Waals surface area contributed by atoms with Crippen molar-refractivity contribution in [2.75, 3.05) is 19.1 Å². The Morgan fingerprint density at radius 3 is 2.43 bits per heavy atom. The van der Waals surface area contributed by atoms with E-state index in [0.29, 0.717) is 65.0 Å². The molecule has 0 spiro atoms. The van der Waals surface area contributed by atoms with Crippen LogP contribution in [0.4, 0.5) is 0 Å². The Balaban J connectivity index is 1.56. The van der Waals surface area contributed by atoms with Crippen LogP contribution in [0.15, 0.2) is 25.0 Å². The first-order valence-electron chi connectivity index (χ1n) is 11.4. The Hall–Kier alpha value is -3.53. The van der Waals surface area contributed by atoms with E-state index < -0.39 is 0 Å². The smallest absolute Gasteiger partial charge is 0.304 e. The van der Waals surface area contributed by atoms with Crippen molar-refractivity contribution in [2.45, 2.75) is 34.2 Å². The third-order valence-corrected chi connectivity index (χ3v) is 5.72. The molecule has 184 valence electrons. The van der Waals surface area contributed by atoms with Crippen LogP contribution < -0.4 is 14.0 Å². The van der Waals surface area contributed by atoms with Gasteiger partial charge in [0.2, 0.25) is 17.9 Å². The van der Waals surface area contributed by atoms with Crippen molar-refractivity contribution < 1.29 is 23.6 Å². The molecule has 0 saturated carbocycles. The molecule has 4 aromatic rings. The van der Waals surface area contributed by atoms with E-state index in [-0.39, 0.29) is 23.4 Å². The van der Waals surface area contributed by atoms with Crippen LogP contribution in [0.1, 0.15) is 48.4 Å². The summed E-state index contributed by atoms with van der Waals surface area (Å²) in [6, 6.07) is 0. The summed E-state index contributed by atoms with van der Waals surface area (Å²) in [5.74, 6) is 0.670. The molecule has 0 aliphatic carbocycles. The second kappa shape index (κ2) is 10.4. The number of ether oxygens (including phenoxy) is 2. The highest BCUT2D eigenvalue weighted by Crippen LogP contribution is 2.27. The van der Waals surface area contributed by atoms with Gasteiger partial charge in [0, 0.05) is 12.1 Å². The Morgan fingerprint density at radius 2 is 1.71 bits per heavy atom. The van der Waals surface area contributed by atoms with Crippen molar-refractivity contribution >= 4 is 45.2 Å². The minimum absolute atomic E-state index is 0.0349. The van der Waals surface area contributed by atoms with Crippen LogP contribution in [0.25, 0.3) is 22.1 Å². The zero-order valence-electron chi connectivity index (χ0n) is 20.1. The van der Waals surface area contributed by atoms with Crippen LogP contribution in [-0.2, 0) is 6.54 Å². The molecular formula is C24H28ClN6O4+. The van der Waals surface area contributed by atoms with Gasteiger partial charge >= 0.3 is 5.88 Å². The minimum Gasteiger partial charge on any atom is -0.477 e. The zero-order chi connectivity index (χ0) is 25.1. The van der Waals surface area contributed by atoms with Gasteiger partial charge < -0.3 is 14.5 Å². The molecule has 4 heterocycles. The van der Waals surface area contributed by atoms with Crippen LogP contribution in [0.3, 0.4) is 0 Å². The fourth-order valence-corrected chi connectivity index (χ4v) is 3.96. The Labute approximate surface area is 207 Å². The van der Waals surface area contributed by atoms with Crippen molar-refractivity contribution in [3.05, 3.63) is 36.2 Å². The van der Waals surface area contributed by atoms with Gasteiger partial charge in [0.25, 0.3) is 0 Å². The molecule has 2 N–H and O–H groups in total. The van der Waals surface area contributed by atoms with Crippen LogP contribution in [0.2, 0.25) is 0 Å². The van der Waals surface area contributed by atoms with Crippen molar-refractivity contribution in [1.29, 1.82) is 0 Å². The number of alkyl halides is 1. The summed E-state index contributed by atoms with van der Waals surface area (Å²) >= 11 is 5.74. The number of H-pyrrole nitrogens is 2. The summed E-state index contributed by atoms with van der Waals surface area (Å²) < 4.78 is 13.8. The van der Waals surface area contributed by atoms with Crippen LogP contribution >= 0.6 is 11.6 Å². The van der Waals surface area contributed by atoms with Crippen LogP contribution in [0, 0.1) is 11.8 Å². The van der Waals surface area contributed by atoms with Crippen molar-refractivity contribution in [3.8, 4) is 11.8 Å². The number of nitrogens with one attached hydrogen (secondary N) is 2. The number of aromatic nitrogens is 6. The molecule has 10 nitrogen and oxygen atoms in total. The van der Waals surface area contributed by atoms with Crippen molar-refractivity contribution in [2.24, 2.45) is 11.8 Å². The highest BCUT2D eigenvalue weighted by Gasteiger charge is 2.24. The SMILES string of the molecule is CC(=O)c1c[nH]c2c1c(OCC(C)C)nc[n+]2CC(C)COc1ncnc2[nH]cc(C(=O)CCl)c12. The van der Waals surface area contributed by atoms with Gasteiger partial charge in [-0.2, -0.15) is 0 Å². The number of halogens is 1. The van der Waals surface area contributed by atoms with Gasteiger partial charge in [-0.25, -0.2) is 14.5 Å². The standard InChI is InChI=1S/C24H27ClN6O4/c1-13(2)9-34-24-20-16(15(4)32)6-27-22(20)31(12-30-24)8-14(3)10-35-23-19-17(18(33)5-25)7-26-21(19)28-11-29-23/h6-7,11-14H,5,8-10H2,1-4H3,(H,26,28,29,33)/p+1. The summed E-state index contributed by atoms with van der Waals surface area (Å²) in [6.45, 7) is 9.04. The number of rotatable bonds is 11. The minimum atomic E-state index is -0.234. The summed E-state index contributed by atoms with van der Waals surface area (Å²) in [5.41, 5.74) is 2.20. The average Bonchev–Trinajstić information content (AvgIpc) is 3.47. The molecule has 0 aromatic carbocycles. The van der Waals surface area contributed by atoms with Crippen molar-refractivity contribution in [1.82, 2.24) is 24.9 Å². The topological polar surface area (TPSA) is 127 Å². The summed E-state index contributed by atoms with van der Waals surface area (Å²) in [7, 11) is 0. The summed E-state index contributed by atoms with van der Waals surface area (Å²) in [5, 5.41) is 1.19. The number of carbonyl (C=O) groups is 2. The molecule has 1 unspecified atom stereocenters. The molecule has 0 radical (unpaired) electrons. The number of nitrogens with zero attached hydrogens (tertiary/aromatic N) is 4. The molecular weight excluding hydrogens is 472 g/mol. The number of aromatic amines is 2. The first kappa shape index (κ1) is 24.6. The van der Waals surface area contributed by atoms with Crippen molar-refractivity contribution in [3.63, 3.8) is 0 Å². The third-order valence-electron chi connectivity index (χ3n) is 5.48. The Morgan fingerprint density at radius 1 is 1.00 bits per heavy atom. The molecule has 0 bridgehead atoms. The second-order valence-electron chi connectivity index (χ2n) is 8.97. The monoisotopic (exact) mass is 499 g/mol. The van der Waals surface area contributed by atoms with E-state index in [4.69, 9.17) is 21.1 Å². The summed E-state index contributed by atoms with van der Waals surface area (Å²) in [4.78, 5) is 43.4. The molecule has 0 saturated heterocycles. The zero-order valence-corrected chi connectivity index (χ0v) is 20.8. The number of fused-ring (bicyclic) bond motifs is 2. The van der Waals surface area contributed by atoms with Gasteiger partial charge in [0.1, 0.15) is 17.4 Å². The van der Waals surface area contributed by atoms with E-state index in [0.717, 1.165) is 5.65 Å². The van der Waals surface area contributed by atoms with Crippen LogP contribution in [0.5, 0.6) is 11.8 Å². The van der Waals surface area contributed by atoms with Gasteiger partial charge in [0.15, 0.2) is 11.6 Å². The third kappa shape index (κ3) is 5.12. The Kier molecular flexibility index (Phi) is 7.30. The predicted octanol–water partition coefficient (Wildman–Crippen LogP) is 3.50. The highest BCUT2D eigenvalue weighted by molar-refractivity contribution is 6.32. The normalized spacial score (nSPS) is 12.4. The molecule has 0 aliphatic rings. The van der Waals surface area contributed by atoms with Gasteiger partial charge in [0.05, 0.1) is 48.3 Å². The number of hydrogen-bond donors (Lipinski definition) is 2. The van der Waals surface area contributed by atoms with E-state index >= 15 is 0 Å². The lowest BCUT2D eigenvalue weighted by Gasteiger charge is -2.14. The van der Waals surface area contributed by atoms with Gasteiger partial charge in [-0.3, -0.25) is 14.6 Å². The number of Topliss-reactive ketones (excluding diaryl/α,β-unsaturated/α-hetero) is 2. The second-order valence-corrected chi connectivity index (χ2v) is 9.23. The Bertz CT molecular complexity index is 1380. The number of hydrogen-bond acceptors (Lipinski definition) is 7. The van der Waals surface area contributed by atoms with Gasteiger partial charge in [-0.05, 0) is 12.8 Å². The first-order chi connectivity index (χ1) is 16.8. The number of ketones is 2. The van der Waals surface area contributed by atoms with E-state index in [1.165, 1.54) is 13.3 Å². The average molecular weight is 500 g/mol. The quantitative estimate of drug-likeness (QED) is 0.184. The largest absolute Gasteiger partial charge is 0.477 e. The fourth-order valence-electron chi connectivity index (χ4n) is 3.82. The fraction of sp³-hybridized carbons (Fsp3) is 0.417. The molecule has 1 atom stereocenters. The van der Waals surface area contributed by atoms with Gasteiger partial charge in [-0.1, -0.05) is 25.8 Å². The maximum atomic E-state index is 12.2. The van der Waals surface area contributed by atoms with E-state index in [9.17, 15) is 9.59 Å². The first-order valence-corrected chi connectivity index (χ1v) is 11.9. The lowest BCUT2D eigenvalue weighted by Crippen LogP contribution is -2.40. The number of carbonyl (C=O) groups excluding carboxylic acids is 2. The molecule has 11 heteroatoms. The molecule has 0 amide bonds. The summed E-state index contributed by atoms with van der Waals surface area (Å²) in [6.07, 6.45) is 6.34. The van der Waals surface area contributed by atoms with E-state index in [1.807, 2.05) is 11.5 Å². The van der Waals surface area contributed by atoms with E-state index in [2.05, 4.69) is 38.8 Å². The molecule has 35 heavy (non-hydrogen) atoms. The maximum absolute atomic E-state index is 12.2. The molecule has 0 fully saturated rings. The van der Waals surface area contributed by atoms with E-state index in [1.54, 1.807) is 18.7 Å².